The summed E-state index contributed by atoms with van der Waals surface area (Å²) in [5.41, 5.74) is 6.67. The van der Waals surface area contributed by atoms with Crippen molar-refractivity contribution in [1.82, 2.24) is 4.98 Å². The highest BCUT2D eigenvalue weighted by Crippen LogP contribution is 2.34. The van der Waals surface area contributed by atoms with Gasteiger partial charge in [-0.15, -0.1) is 0 Å². The molecular formula is C13H13FN2S. The van der Waals surface area contributed by atoms with Gasteiger partial charge < -0.3 is 5.73 Å². The molecule has 1 aromatic carbocycles. The lowest BCUT2D eigenvalue weighted by Crippen LogP contribution is -2.07. The minimum Gasteiger partial charge on any atom is -0.324 e. The quantitative estimate of drug-likeness (QED) is 0.905. The summed E-state index contributed by atoms with van der Waals surface area (Å²) in [6.45, 7) is 1.85. The molecule has 2 nitrogen and oxygen atoms in total. The lowest BCUT2D eigenvalue weighted by atomic mass is 10.1. The van der Waals surface area contributed by atoms with Gasteiger partial charge in [0.15, 0.2) is 0 Å². The first kappa shape index (κ1) is 12.1. The molecule has 17 heavy (non-hydrogen) atoms. The topological polar surface area (TPSA) is 38.9 Å². The second-order valence-electron chi connectivity index (χ2n) is 3.73. The number of hydrogen-bond donors (Lipinski definition) is 1. The SMILES string of the molecule is CC(N)c1cccc(F)c1Sc1ccncc1. The van der Waals surface area contributed by atoms with Crippen molar-refractivity contribution in [3.05, 3.63) is 54.1 Å². The molecule has 0 bridgehead atoms. The van der Waals surface area contributed by atoms with Gasteiger partial charge in [0.25, 0.3) is 0 Å². The summed E-state index contributed by atoms with van der Waals surface area (Å²) >= 11 is 1.37. The van der Waals surface area contributed by atoms with Crippen molar-refractivity contribution in [2.24, 2.45) is 5.73 Å². The summed E-state index contributed by atoms with van der Waals surface area (Å²) in [5, 5.41) is 0. The third-order valence-electron chi connectivity index (χ3n) is 2.36. The number of rotatable bonds is 3. The van der Waals surface area contributed by atoms with E-state index in [9.17, 15) is 4.39 Å². The van der Waals surface area contributed by atoms with Crippen LogP contribution in [0, 0.1) is 5.82 Å². The first-order chi connectivity index (χ1) is 8.18. The average Bonchev–Trinajstić information content (AvgIpc) is 2.33. The van der Waals surface area contributed by atoms with Crippen LogP contribution in [0.2, 0.25) is 0 Å². The van der Waals surface area contributed by atoms with Crippen LogP contribution in [0.25, 0.3) is 0 Å². The molecule has 0 saturated heterocycles. The Bertz CT molecular complexity index is 500. The molecule has 4 heteroatoms. The highest BCUT2D eigenvalue weighted by molar-refractivity contribution is 7.99. The maximum atomic E-state index is 13.8. The molecule has 0 aliphatic heterocycles. The van der Waals surface area contributed by atoms with Gasteiger partial charge in [0, 0.05) is 23.3 Å². The van der Waals surface area contributed by atoms with Crippen molar-refractivity contribution in [3.63, 3.8) is 0 Å². The van der Waals surface area contributed by atoms with Gasteiger partial charge in [-0.2, -0.15) is 0 Å². The van der Waals surface area contributed by atoms with Crippen molar-refractivity contribution >= 4 is 11.8 Å². The third kappa shape index (κ3) is 2.84. The minimum absolute atomic E-state index is 0.185. The number of pyridine rings is 1. The van der Waals surface area contributed by atoms with Crippen LogP contribution in [0.15, 0.2) is 52.5 Å². The van der Waals surface area contributed by atoms with Crippen LogP contribution < -0.4 is 5.73 Å². The van der Waals surface area contributed by atoms with Gasteiger partial charge >= 0.3 is 0 Å². The van der Waals surface area contributed by atoms with Gasteiger partial charge in [0.2, 0.25) is 0 Å². The second kappa shape index (κ2) is 5.29. The van der Waals surface area contributed by atoms with Crippen LogP contribution in [0.3, 0.4) is 0 Å². The van der Waals surface area contributed by atoms with Crippen LogP contribution in [0.4, 0.5) is 4.39 Å². The molecular weight excluding hydrogens is 235 g/mol. The van der Waals surface area contributed by atoms with Crippen molar-refractivity contribution < 1.29 is 4.39 Å². The van der Waals surface area contributed by atoms with E-state index in [1.165, 1.54) is 17.8 Å². The number of hydrogen-bond acceptors (Lipinski definition) is 3. The number of aromatic nitrogens is 1. The summed E-state index contributed by atoms with van der Waals surface area (Å²) < 4.78 is 13.8. The number of halogens is 1. The van der Waals surface area contributed by atoms with E-state index in [4.69, 9.17) is 5.73 Å². The summed E-state index contributed by atoms with van der Waals surface area (Å²) in [6.07, 6.45) is 3.38. The molecule has 0 radical (unpaired) electrons. The Kier molecular flexibility index (Phi) is 3.76. The Morgan fingerprint density at radius 3 is 2.59 bits per heavy atom. The smallest absolute Gasteiger partial charge is 0.137 e. The fraction of sp³-hybridized carbons (Fsp3) is 0.154. The van der Waals surface area contributed by atoms with Gasteiger partial charge in [-0.1, -0.05) is 23.9 Å². The van der Waals surface area contributed by atoms with Gasteiger partial charge in [-0.3, -0.25) is 4.98 Å². The Balaban J connectivity index is 2.38. The zero-order valence-electron chi connectivity index (χ0n) is 9.43. The fourth-order valence-electron chi connectivity index (χ4n) is 1.52. The van der Waals surface area contributed by atoms with E-state index in [-0.39, 0.29) is 11.9 Å². The van der Waals surface area contributed by atoms with E-state index >= 15 is 0 Å². The first-order valence-corrected chi connectivity index (χ1v) is 6.12. The second-order valence-corrected chi connectivity index (χ2v) is 4.82. The number of benzene rings is 1. The molecule has 0 aliphatic rings. The average molecular weight is 248 g/mol. The minimum atomic E-state index is -0.235. The van der Waals surface area contributed by atoms with Crippen molar-refractivity contribution in [3.8, 4) is 0 Å². The normalized spacial score (nSPS) is 12.4. The number of nitrogens with zero attached hydrogens (tertiary/aromatic N) is 1. The zero-order chi connectivity index (χ0) is 12.3. The van der Waals surface area contributed by atoms with E-state index in [2.05, 4.69) is 4.98 Å². The van der Waals surface area contributed by atoms with Crippen LogP contribution in [0.1, 0.15) is 18.5 Å². The predicted molar refractivity (Wildman–Crippen MR) is 67.4 cm³/mol. The van der Waals surface area contributed by atoms with Crippen molar-refractivity contribution in [2.45, 2.75) is 22.8 Å². The molecule has 1 heterocycles. The van der Waals surface area contributed by atoms with Gasteiger partial charge in [-0.05, 0) is 30.7 Å². The summed E-state index contributed by atoms with van der Waals surface area (Å²) in [7, 11) is 0. The Labute approximate surface area is 104 Å². The Hall–Kier alpha value is -1.39. The van der Waals surface area contributed by atoms with Crippen LogP contribution in [0.5, 0.6) is 0 Å². The van der Waals surface area contributed by atoms with E-state index in [1.54, 1.807) is 18.5 Å². The highest BCUT2D eigenvalue weighted by Gasteiger charge is 2.12. The molecule has 1 unspecified atom stereocenters. The molecule has 1 aromatic heterocycles. The molecule has 2 N–H and O–H groups in total. The standard InChI is InChI=1S/C13H13FN2S/c1-9(15)11-3-2-4-12(14)13(11)17-10-5-7-16-8-6-10/h2-9H,15H2,1H3. The van der Waals surface area contributed by atoms with Crippen LogP contribution in [-0.2, 0) is 0 Å². The fourth-order valence-corrected chi connectivity index (χ4v) is 2.55. The van der Waals surface area contributed by atoms with E-state index in [1.807, 2.05) is 25.1 Å². The van der Waals surface area contributed by atoms with Crippen LogP contribution >= 0.6 is 11.8 Å². The van der Waals surface area contributed by atoms with Crippen molar-refractivity contribution in [1.29, 1.82) is 0 Å². The van der Waals surface area contributed by atoms with Gasteiger partial charge in [0.05, 0.1) is 4.90 Å². The maximum absolute atomic E-state index is 13.8. The van der Waals surface area contributed by atoms with E-state index in [0.29, 0.717) is 4.90 Å². The molecule has 88 valence electrons. The van der Waals surface area contributed by atoms with Gasteiger partial charge in [-0.25, -0.2) is 4.39 Å². The lowest BCUT2D eigenvalue weighted by Gasteiger charge is -2.12. The molecule has 1 atom stereocenters. The summed E-state index contributed by atoms with van der Waals surface area (Å²) in [6, 6.07) is 8.51. The molecule has 2 aromatic rings. The van der Waals surface area contributed by atoms with Crippen molar-refractivity contribution in [2.75, 3.05) is 0 Å². The van der Waals surface area contributed by atoms with Crippen LogP contribution in [-0.4, -0.2) is 4.98 Å². The molecule has 0 amide bonds. The Morgan fingerprint density at radius 1 is 1.24 bits per heavy atom. The molecule has 2 rings (SSSR count). The van der Waals surface area contributed by atoms with E-state index < -0.39 is 0 Å². The molecule has 0 saturated carbocycles. The largest absolute Gasteiger partial charge is 0.324 e. The number of nitrogens with two attached hydrogens (primary N) is 1. The summed E-state index contributed by atoms with van der Waals surface area (Å²) in [4.78, 5) is 5.48. The molecule has 0 spiro atoms. The Morgan fingerprint density at radius 2 is 1.94 bits per heavy atom. The first-order valence-electron chi connectivity index (χ1n) is 5.30. The zero-order valence-corrected chi connectivity index (χ0v) is 10.2. The van der Waals surface area contributed by atoms with E-state index in [0.717, 1.165) is 10.5 Å². The lowest BCUT2D eigenvalue weighted by molar-refractivity contribution is 0.591. The molecule has 0 aliphatic carbocycles. The summed E-state index contributed by atoms with van der Waals surface area (Å²) in [5.74, 6) is -0.235. The third-order valence-corrected chi connectivity index (χ3v) is 3.50. The van der Waals surface area contributed by atoms with Gasteiger partial charge in [0.1, 0.15) is 5.82 Å². The monoisotopic (exact) mass is 248 g/mol. The highest BCUT2D eigenvalue weighted by atomic mass is 32.2. The predicted octanol–water partition coefficient (Wildman–Crippen LogP) is 3.39. The molecule has 0 fully saturated rings. The maximum Gasteiger partial charge on any atom is 0.137 e.